The molecule has 0 saturated heterocycles. The van der Waals surface area contributed by atoms with Crippen LogP contribution in [0.4, 0.5) is 0 Å². The molecule has 1 aromatic carbocycles. The van der Waals surface area contributed by atoms with Crippen LogP contribution in [-0.2, 0) is 6.42 Å². The molecule has 1 amide bonds. The van der Waals surface area contributed by atoms with Crippen LogP contribution in [0.5, 0.6) is 0 Å². The fourth-order valence-corrected chi connectivity index (χ4v) is 2.89. The van der Waals surface area contributed by atoms with Gasteiger partial charge in [0.05, 0.1) is 0 Å². The van der Waals surface area contributed by atoms with E-state index in [0.717, 1.165) is 44.2 Å². The summed E-state index contributed by atoms with van der Waals surface area (Å²) in [4.78, 5) is 12.2. The molecule has 1 aliphatic carbocycles. The molecule has 1 saturated carbocycles. The molecule has 2 N–H and O–H groups in total. The number of aryl methyl sites for hydroxylation is 1. The van der Waals surface area contributed by atoms with Gasteiger partial charge in [0, 0.05) is 17.6 Å². The van der Waals surface area contributed by atoms with Gasteiger partial charge in [-0.25, -0.2) is 0 Å². The molecule has 1 aliphatic rings. The van der Waals surface area contributed by atoms with Gasteiger partial charge in [-0.3, -0.25) is 4.79 Å². The molecule has 0 spiro atoms. The second-order valence-electron chi connectivity index (χ2n) is 5.63. The maximum Gasteiger partial charge on any atom is 0.251 e. The first-order valence-electron chi connectivity index (χ1n) is 7.86. The van der Waals surface area contributed by atoms with E-state index in [1.54, 1.807) is 0 Å². The Labute approximate surface area is 122 Å². The molecule has 0 atom stereocenters. The molecule has 0 aromatic heterocycles. The summed E-state index contributed by atoms with van der Waals surface area (Å²) in [5, 5.41) is 6.66. The molecule has 3 heteroatoms. The highest BCUT2D eigenvalue weighted by molar-refractivity contribution is 5.94. The third-order valence-corrected chi connectivity index (χ3v) is 4.18. The van der Waals surface area contributed by atoms with Crippen LogP contribution >= 0.6 is 0 Å². The van der Waals surface area contributed by atoms with Crippen molar-refractivity contribution in [2.75, 3.05) is 6.54 Å². The van der Waals surface area contributed by atoms with E-state index in [1.165, 1.54) is 5.56 Å². The Morgan fingerprint density at radius 3 is 2.20 bits per heavy atom. The number of amides is 1. The van der Waals surface area contributed by atoms with E-state index >= 15 is 0 Å². The van der Waals surface area contributed by atoms with Gasteiger partial charge in [-0.1, -0.05) is 26.0 Å². The predicted octanol–water partition coefficient (Wildman–Crippen LogP) is 2.90. The number of carbonyl (C=O) groups is 1. The van der Waals surface area contributed by atoms with Crippen LogP contribution in [-0.4, -0.2) is 24.5 Å². The van der Waals surface area contributed by atoms with Gasteiger partial charge in [-0.15, -0.1) is 0 Å². The molecule has 2 rings (SSSR count). The summed E-state index contributed by atoms with van der Waals surface area (Å²) in [5.41, 5.74) is 2.05. The molecule has 0 bridgehead atoms. The van der Waals surface area contributed by atoms with Crippen molar-refractivity contribution in [2.45, 2.75) is 58.0 Å². The lowest BCUT2D eigenvalue weighted by Crippen LogP contribution is -2.42. The van der Waals surface area contributed by atoms with Crippen molar-refractivity contribution in [1.29, 1.82) is 0 Å². The topological polar surface area (TPSA) is 41.1 Å². The number of nitrogens with one attached hydrogen (secondary N) is 2. The Morgan fingerprint density at radius 1 is 1.05 bits per heavy atom. The molecule has 1 fully saturated rings. The van der Waals surface area contributed by atoms with Crippen LogP contribution in [0.1, 0.15) is 55.5 Å². The minimum Gasteiger partial charge on any atom is -0.349 e. The van der Waals surface area contributed by atoms with E-state index < -0.39 is 0 Å². The van der Waals surface area contributed by atoms with E-state index in [4.69, 9.17) is 0 Å². The highest BCUT2D eigenvalue weighted by atomic mass is 16.1. The van der Waals surface area contributed by atoms with Crippen LogP contribution in [0.3, 0.4) is 0 Å². The second-order valence-corrected chi connectivity index (χ2v) is 5.63. The third kappa shape index (κ3) is 4.07. The lowest BCUT2D eigenvalue weighted by molar-refractivity contribution is 0.0924. The van der Waals surface area contributed by atoms with Crippen molar-refractivity contribution in [2.24, 2.45) is 0 Å². The normalized spacial score (nSPS) is 22.5. The highest BCUT2D eigenvalue weighted by Crippen LogP contribution is 2.19. The van der Waals surface area contributed by atoms with Crippen LogP contribution in [0, 0.1) is 0 Å². The minimum atomic E-state index is 0.0690. The van der Waals surface area contributed by atoms with Crippen molar-refractivity contribution < 1.29 is 4.79 Å². The largest absolute Gasteiger partial charge is 0.349 e. The minimum absolute atomic E-state index is 0.0690. The maximum absolute atomic E-state index is 12.2. The van der Waals surface area contributed by atoms with Gasteiger partial charge in [-0.05, 0) is 56.3 Å². The van der Waals surface area contributed by atoms with E-state index in [1.807, 2.05) is 24.3 Å². The van der Waals surface area contributed by atoms with Crippen LogP contribution in [0.2, 0.25) is 0 Å². The van der Waals surface area contributed by atoms with Gasteiger partial charge >= 0.3 is 0 Å². The van der Waals surface area contributed by atoms with E-state index in [2.05, 4.69) is 24.5 Å². The third-order valence-electron chi connectivity index (χ3n) is 4.18. The average molecular weight is 274 g/mol. The van der Waals surface area contributed by atoms with E-state index in [-0.39, 0.29) is 5.91 Å². The van der Waals surface area contributed by atoms with Gasteiger partial charge < -0.3 is 10.6 Å². The smallest absolute Gasteiger partial charge is 0.251 e. The summed E-state index contributed by atoms with van der Waals surface area (Å²) in [7, 11) is 0. The number of carbonyl (C=O) groups excluding carboxylic acids is 1. The molecule has 1 aromatic rings. The molecule has 3 nitrogen and oxygen atoms in total. The summed E-state index contributed by atoms with van der Waals surface area (Å²) >= 11 is 0. The van der Waals surface area contributed by atoms with Gasteiger partial charge in [-0.2, -0.15) is 0 Å². The van der Waals surface area contributed by atoms with Crippen molar-refractivity contribution in [1.82, 2.24) is 10.6 Å². The van der Waals surface area contributed by atoms with Crippen LogP contribution < -0.4 is 10.6 Å². The average Bonchev–Trinajstić information content (AvgIpc) is 2.49. The van der Waals surface area contributed by atoms with Gasteiger partial charge in [0.2, 0.25) is 0 Å². The van der Waals surface area contributed by atoms with Crippen molar-refractivity contribution in [3.8, 4) is 0 Å². The van der Waals surface area contributed by atoms with E-state index in [9.17, 15) is 4.79 Å². The number of rotatable bonds is 5. The Balaban J connectivity index is 1.82. The van der Waals surface area contributed by atoms with Crippen molar-refractivity contribution in [3.63, 3.8) is 0 Å². The molecule has 0 heterocycles. The predicted molar refractivity (Wildman–Crippen MR) is 83.0 cm³/mol. The van der Waals surface area contributed by atoms with Crippen molar-refractivity contribution in [3.05, 3.63) is 35.4 Å². The van der Waals surface area contributed by atoms with Crippen LogP contribution in [0.25, 0.3) is 0 Å². The Bertz CT molecular complexity index is 419. The lowest BCUT2D eigenvalue weighted by atomic mass is 9.91. The first-order chi connectivity index (χ1) is 9.72. The van der Waals surface area contributed by atoms with Crippen molar-refractivity contribution >= 4 is 5.91 Å². The molecular weight excluding hydrogens is 248 g/mol. The van der Waals surface area contributed by atoms with Gasteiger partial charge in [0.1, 0.15) is 0 Å². The zero-order valence-electron chi connectivity index (χ0n) is 12.6. The van der Waals surface area contributed by atoms with Gasteiger partial charge in [0.25, 0.3) is 5.91 Å². The summed E-state index contributed by atoms with van der Waals surface area (Å²) in [6.45, 7) is 5.30. The first kappa shape index (κ1) is 15.0. The summed E-state index contributed by atoms with van der Waals surface area (Å²) in [6, 6.07) is 8.91. The fraction of sp³-hybridized carbons (Fsp3) is 0.588. The molecule has 20 heavy (non-hydrogen) atoms. The Morgan fingerprint density at radius 2 is 1.65 bits per heavy atom. The number of benzene rings is 1. The molecule has 0 unspecified atom stereocenters. The lowest BCUT2D eigenvalue weighted by Gasteiger charge is -2.29. The van der Waals surface area contributed by atoms with Crippen LogP contribution in [0.15, 0.2) is 24.3 Å². The number of hydrogen-bond acceptors (Lipinski definition) is 2. The second kappa shape index (κ2) is 7.44. The molecule has 110 valence electrons. The van der Waals surface area contributed by atoms with E-state index in [0.29, 0.717) is 12.1 Å². The zero-order valence-corrected chi connectivity index (χ0v) is 12.6. The maximum atomic E-state index is 12.2. The standard InChI is InChI=1S/C17H26N2O/c1-3-13-5-7-14(8-6-13)17(20)19-16-11-9-15(10-12-16)18-4-2/h5-8,15-16,18H,3-4,9-12H2,1-2H3,(H,19,20). The SMILES string of the molecule is CCNC1CCC(NC(=O)c2ccc(CC)cc2)CC1. The highest BCUT2D eigenvalue weighted by Gasteiger charge is 2.21. The monoisotopic (exact) mass is 274 g/mol. The molecule has 0 radical (unpaired) electrons. The Hall–Kier alpha value is -1.35. The number of hydrogen-bond donors (Lipinski definition) is 2. The quantitative estimate of drug-likeness (QED) is 0.867. The molecule has 0 aliphatic heterocycles. The molecular formula is C17H26N2O. The first-order valence-corrected chi connectivity index (χ1v) is 7.86. The summed E-state index contributed by atoms with van der Waals surface area (Å²) < 4.78 is 0. The fourth-order valence-electron chi connectivity index (χ4n) is 2.89. The Kier molecular flexibility index (Phi) is 5.60. The zero-order chi connectivity index (χ0) is 14.4. The summed E-state index contributed by atoms with van der Waals surface area (Å²) in [5.74, 6) is 0.0690. The van der Waals surface area contributed by atoms with Gasteiger partial charge in [0.15, 0.2) is 0 Å². The summed E-state index contributed by atoms with van der Waals surface area (Å²) in [6.07, 6.45) is 5.49.